The second-order valence-electron chi connectivity index (χ2n) is 6.57. The summed E-state index contributed by atoms with van der Waals surface area (Å²) < 4.78 is 0. The van der Waals surface area contributed by atoms with Crippen molar-refractivity contribution in [2.75, 3.05) is 31.1 Å². The van der Waals surface area contributed by atoms with E-state index in [9.17, 15) is 9.59 Å². The van der Waals surface area contributed by atoms with Crippen molar-refractivity contribution in [1.29, 1.82) is 0 Å². The van der Waals surface area contributed by atoms with Crippen molar-refractivity contribution in [1.82, 2.24) is 4.90 Å². The summed E-state index contributed by atoms with van der Waals surface area (Å²) >= 11 is 0. The fourth-order valence-electron chi connectivity index (χ4n) is 3.28. The smallest absolute Gasteiger partial charge is 0.253 e. The first-order chi connectivity index (χ1) is 11.9. The zero-order chi connectivity index (χ0) is 18.0. The van der Waals surface area contributed by atoms with Gasteiger partial charge in [-0.15, -0.1) is 0 Å². The number of anilines is 1. The third-order valence-corrected chi connectivity index (χ3v) is 4.55. The number of nitrogens with two attached hydrogens (primary N) is 1. The van der Waals surface area contributed by atoms with Crippen molar-refractivity contribution in [2.24, 2.45) is 5.73 Å². The predicted molar refractivity (Wildman–Crippen MR) is 99.0 cm³/mol. The summed E-state index contributed by atoms with van der Waals surface area (Å²) in [6.07, 6.45) is 0. The van der Waals surface area contributed by atoms with Gasteiger partial charge in [0.2, 0.25) is 5.91 Å². The Balaban J connectivity index is 1.65. The first-order valence-electron chi connectivity index (χ1n) is 8.46. The van der Waals surface area contributed by atoms with Gasteiger partial charge in [0, 0.05) is 43.0 Å². The lowest BCUT2D eigenvalue weighted by atomic mass is 10.1. The fraction of sp³-hybridized carbons (Fsp3) is 0.300. The maximum Gasteiger partial charge on any atom is 0.253 e. The van der Waals surface area contributed by atoms with Gasteiger partial charge in [-0.25, -0.2) is 0 Å². The Morgan fingerprint density at radius 1 is 0.840 bits per heavy atom. The SMILES string of the molecule is Cc1cc(C)cc(C(=O)N2CCN(c3ccc(C(N)=O)cc3)CC2)c1. The molecule has 0 aromatic heterocycles. The quantitative estimate of drug-likeness (QED) is 0.935. The number of aryl methyl sites for hydroxylation is 2. The van der Waals surface area contributed by atoms with Crippen molar-refractivity contribution in [3.63, 3.8) is 0 Å². The zero-order valence-corrected chi connectivity index (χ0v) is 14.7. The molecule has 2 N–H and O–H groups in total. The molecule has 1 saturated heterocycles. The Bertz CT molecular complexity index is 771. The monoisotopic (exact) mass is 337 g/mol. The third-order valence-electron chi connectivity index (χ3n) is 4.55. The Morgan fingerprint density at radius 2 is 1.40 bits per heavy atom. The molecule has 0 spiro atoms. The molecule has 1 aliphatic heterocycles. The molecule has 0 aliphatic carbocycles. The van der Waals surface area contributed by atoms with E-state index in [1.165, 1.54) is 0 Å². The Hall–Kier alpha value is -2.82. The van der Waals surface area contributed by atoms with E-state index in [2.05, 4.69) is 11.0 Å². The summed E-state index contributed by atoms with van der Waals surface area (Å²) in [6, 6.07) is 13.3. The zero-order valence-electron chi connectivity index (χ0n) is 14.7. The molecule has 0 bridgehead atoms. The van der Waals surface area contributed by atoms with Gasteiger partial charge < -0.3 is 15.5 Å². The molecular formula is C20H23N3O2. The highest BCUT2D eigenvalue weighted by Gasteiger charge is 2.22. The number of hydrogen-bond acceptors (Lipinski definition) is 3. The van der Waals surface area contributed by atoms with Crippen LogP contribution in [-0.2, 0) is 0 Å². The lowest BCUT2D eigenvalue weighted by molar-refractivity contribution is 0.0746. The van der Waals surface area contributed by atoms with Crippen LogP contribution in [0.4, 0.5) is 5.69 Å². The molecule has 0 unspecified atom stereocenters. The first kappa shape index (κ1) is 17.0. The molecule has 130 valence electrons. The van der Waals surface area contributed by atoms with Gasteiger partial charge in [-0.2, -0.15) is 0 Å². The van der Waals surface area contributed by atoms with Crippen molar-refractivity contribution in [2.45, 2.75) is 13.8 Å². The van der Waals surface area contributed by atoms with E-state index in [4.69, 9.17) is 5.73 Å². The standard InChI is InChI=1S/C20H23N3O2/c1-14-11-15(2)13-17(12-14)20(25)23-9-7-22(8-10-23)18-5-3-16(4-6-18)19(21)24/h3-6,11-13H,7-10H2,1-2H3,(H2,21,24). The number of benzene rings is 2. The molecule has 0 radical (unpaired) electrons. The van der Waals surface area contributed by atoms with Gasteiger partial charge in [0.05, 0.1) is 0 Å². The highest BCUT2D eigenvalue weighted by molar-refractivity contribution is 5.95. The van der Waals surface area contributed by atoms with Crippen molar-refractivity contribution in [3.05, 3.63) is 64.7 Å². The molecular weight excluding hydrogens is 314 g/mol. The normalized spacial score (nSPS) is 14.5. The van der Waals surface area contributed by atoms with E-state index >= 15 is 0 Å². The molecule has 1 heterocycles. The van der Waals surface area contributed by atoms with Crippen molar-refractivity contribution < 1.29 is 9.59 Å². The minimum absolute atomic E-state index is 0.0931. The van der Waals surface area contributed by atoms with Gasteiger partial charge in [0.15, 0.2) is 0 Å². The Kier molecular flexibility index (Phi) is 4.74. The van der Waals surface area contributed by atoms with Gasteiger partial charge >= 0.3 is 0 Å². The van der Waals surface area contributed by atoms with Crippen molar-refractivity contribution >= 4 is 17.5 Å². The summed E-state index contributed by atoms with van der Waals surface area (Å²) in [5, 5.41) is 0. The number of primary amides is 1. The third kappa shape index (κ3) is 3.82. The molecule has 25 heavy (non-hydrogen) atoms. The lowest BCUT2D eigenvalue weighted by Crippen LogP contribution is -2.48. The summed E-state index contributed by atoms with van der Waals surface area (Å²) in [5.74, 6) is -0.328. The average Bonchev–Trinajstić information content (AvgIpc) is 2.60. The van der Waals surface area contributed by atoms with Crippen molar-refractivity contribution in [3.8, 4) is 0 Å². The Morgan fingerprint density at radius 3 is 1.92 bits per heavy atom. The molecule has 1 aliphatic rings. The van der Waals surface area contributed by atoms with Crippen LogP contribution < -0.4 is 10.6 Å². The van der Waals surface area contributed by atoms with Crippen LogP contribution in [0.25, 0.3) is 0 Å². The van der Waals surface area contributed by atoms with E-state index in [-0.39, 0.29) is 5.91 Å². The second-order valence-corrected chi connectivity index (χ2v) is 6.57. The summed E-state index contributed by atoms with van der Waals surface area (Å²) in [4.78, 5) is 28.0. The molecule has 2 amide bonds. The molecule has 0 atom stereocenters. The van der Waals surface area contributed by atoms with Crippen LogP contribution in [0.3, 0.4) is 0 Å². The molecule has 0 saturated carbocycles. The predicted octanol–water partition coefficient (Wildman–Crippen LogP) is 2.36. The van der Waals surface area contributed by atoms with Gasteiger partial charge in [0.1, 0.15) is 0 Å². The van der Waals surface area contributed by atoms with E-state index in [1.807, 2.05) is 43.0 Å². The van der Waals surface area contributed by atoms with Crippen LogP contribution in [0, 0.1) is 13.8 Å². The second kappa shape index (κ2) is 6.97. The fourth-order valence-corrected chi connectivity index (χ4v) is 3.28. The molecule has 3 rings (SSSR count). The first-order valence-corrected chi connectivity index (χ1v) is 8.46. The maximum atomic E-state index is 12.7. The number of nitrogens with zero attached hydrogens (tertiary/aromatic N) is 2. The van der Waals surface area contributed by atoms with Crippen LogP contribution in [0.5, 0.6) is 0 Å². The average molecular weight is 337 g/mol. The minimum Gasteiger partial charge on any atom is -0.368 e. The van der Waals surface area contributed by atoms with Crippen LogP contribution in [0.15, 0.2) is 42.5 Å². The summed E-state index contributed by atoms with van der Waals surface area (Å²) in [7, 11) is 0. The van der Waals surface area contributed by atoms with Crippen LogP contribution in [-0.4, -0.2) is 42.9 Å². The van der Waals surface area contributed by atoms with Gasteiger partial charge in [0.25, 0.3) is 5.91 Å². The van der Waals surface area contributed by atoms with Gasteiger partial charge in [-0.1, -0.05) is 17.2 Å². The van der Waals surface area contributed by atoms with Crippen LogP contribution in [0.2, 0.25) is 0 Å². The number of hydrogen-bond donors (Lipinski definition) is 1. The van der Waals surface area contributed by atoms with E-state index < -0.39 is 5.91 Å². The number of amides is 2. The van der Waals surface area contributed by atoms with E-state index in [1.54, 1.807) is 12.1 Å². The van der Waals surface area contributed by atoms with E-state index in [0.29, 0.717) is 18.7 Å². The Labute approximate surface area is 148 Å². The van der Waals surface area contributed by atoms with Crippen LogP contribution in [0.1, 0.15) is 31.8 Å². The van der Waals surface area contributed by atoms with E-state index in [0.717, 1.165) is 35.5 Å². The number of piperazine rings is 1. The van der Waals surface area contributed by atoms with Gasteiger partial charge in [-0.05, 0) is 50.2 Å². The molecule has 1 fully saturated rings. The highest BCUT2D eigenvalue weighted by Crippen LogP contribution is 2.19. The van der Waals surface area contributed by atoms with Gasteiger partial charge in [-0.3, -0.25) is 9.59 Å². The largest absolute Gasteiger partial charge is 0.368 e. The molecule has 2 aromatic rings. The van der Waals surface area contributed by atoms with Crippen LogP contribution >= 0.6 is 0 Å². The number of rotatable bonds is 3. The lowest BCUT2D eigenvalue weighted by Gasteiger charge is -2.36. The molecule has 2 aromatic carbocycles. The topological polar surface area (TPSA) is 66.6 Å². The highest BCUT2D eigenvalue weighted by atomic mass is 16.2. The molecule has 5 heteroatoms. The number of carbonyl (C=O) groups is 2. The maximum absolute atomic E-state index is 12.7. The summed E-state index contributed by atoms with van der Waals surface area (Å²) in [6.45, 7) is 6.93. The minimum atomic E-state index is -0.421. The molecule has 5 nitrogen and oxygen atoms in total. The number of carbonyl (C=O) groups excluding carboxylic acids is 2. The summed E-state index contributed by atoms with van der Waals surface area (Å²) in [5.41, 5.74) is 9.80.